The molecule has 25 heavy (non-hydrogen) atoms. The minimum absolute atomic E-state index is 0.0189. The summed E-state index contributed by atoms with van der Waals surface area (Å²) in [4.78, 5) is 48.2. The predicted molar refractivity (Wildman–Crippen MR) is 95.8 cm³/mol. The summed E-state index contributed by atoms with van der Waals surface area (Å²) in [6, 6.07) is -0.259. The van der Waals surface area contributed by atoms with Gasteiger partial charge in [0.05, 0.1) is 12.5 Å². The third-order valence-corrected chi connectivity index (χ3v) is 5.79. The Morgan fingerprint density at radius 2 is 2.04 bits per heavy atom. The van der Waals surface area contributed by atoms with Gasteiger partial charge in [-0.2, -0.15) is 9.28 Å². The molecule has 0 bridgehead atoms. The van der Waals surface area contributed by atoms with Gasteiger partial charge in [-0.25, -0.2) is 4.79 Å². The molecule has 1 heterocycles. The van der Waals surface area contributed by atoms with Crippen LogP contribution in [0.2, 0.25) is 0 Å². The number of rotatable bonds is 9. The number of quaternary nitrogens is 1. The van der Waals surface area contributed by atoms with Crippen LogP contribution in [0.5, 0.6) is 0 Å². The van der Waals surface area contributed by atoms with Crippen LogP contribution in [0.25, 0.3) is 0 Å². The molecule has 0 aromatic heterocycles. The lowest BCUT2D eigenvalue weighted by Gasteiger charge is -2.32. The Balaban J connectivity index is 2.76. The highest BCUT2D eigenvalue weighted by atomic mass is 32.2. The summed E-state index contributed by atoms with van der Waals surface area (Å²) in [5, 5.41) is 9.70. The second-order valence-electron chi connectivity index (χ2n) is 6.71. The van der Waals surface area contributed by atoms with Crippen LogP contribution < -0.4 is 0 Å². The number of carboxylic acid groups (broad SMARTS) is 1. The van der Waals surface area contributed by atoms with Crippen LogP contribution in [-0.4, -0.2) is 64.3 Å². The Hall–Kier alpha value is -1.48. The summed E-state index contributed by atoms with van der Waals surface area (Å²) < 4.78 is 2.21. The maximum atomic E-state index is 13.0. The molecule has 1 rings (SSSR count). The van der Waals surface area contributed by atoms with E-state index in [-0.39, 0.29) is 23.6 Å². The van der Waals surface area contributed by atoms with E-state index in [1.54, 1.807) is 18.9 Å². The Kier molecular flexibility index (Phi) is 8.51. The number of carbonyl (C=O) groups is 3. The molecular weight excluding hydrogens is 346 g/mol. The Morgan fingerprint density at radius 3 is 2.52 bits per heavy atom. The lowest BCUT2D eigenvalue weighted by molar-refractivity contribution is -0.794. The maximum Gasteiger partial charge on any atom is 0.521 e. The van der Waals surface area contributed by atoms with Crippen LogP contribution in [0.1, 0.15) is 46.0 Å². The minimum Gasteiger partial charge on any atom is -0.435 e. The molecule has 3 amide bonds. The van der Waals surface area contributed by atoms with E-state index in [2.05, 4.69) is 4.58 Å². The van der Waals surface area contributed by atoms with Gasteiger partial charge in [-0.05, 0) is 19.8 Å². The molecule has 0 aromatic carbocycles. The van der Waals surface area contributed by atoms with Crippen LogP contribution in [-0.2, 0) is 9.59 Å². The molecule has 0 spiro atoms. The van der Waals surface area contributed by atoms with Crippen LogP contribution >= 0.6 is 11.9 Å². The molecular formula is C16H28N3O5S+. The van der Waals surface area contributed by atoms with Gasteiger partial charge in [-0.3, -0.25) is 4.79 Å². The molecule has 1 saturated heterocycles. The summed E-state index contributed by atoms with van der Waals surface area (Å²) in [6.45, 7) is 4.18. The second-order valence-corrected chi connectivity index (χ2v) is 7.45. The first-order valence-electron chi connectivity index (χ1n) is 8.59. The van der Waals surface area contributed by atoms with E-state index in [0.717, 1.165) is 18.4 Å². The third-order valence-electron chi connectivity index (χ3n) is 5.13. The predicted octanol–water partition coefficient (Wildman–Crippen LogP) is 2.87. The molecule has 1 aliphatic heterocycles. The fourth-order valence-corrected chi connectivity index (χ4v) is 3.95. The van der Waals surface area contributed by atoms with Crippen molar-refractivity contribution in [3.63, 3.8) is 0 Å². The van der Waals surface area contributed by atoms with Crippen LogP contribution in [0, 0.1) is 10.8 Å². The highest BCUT2D eigenvalue weighted by molar-refractivity contribution is 7.97. The number of nitrogens with zero attached hydrogens (tertiary/aromatic N) is 3. The van der Waals surface area contributed by atoms with Crippen molar-refractivity contribution in [1.29, 1.82) is 0 Å². The molecule has 1 fully saturated rings. The van der Waals surface area contributed by atoms with E-state index in [4.69, 9.17) is 0 Å². The first-order valence-corrected chi connectivity index (χ1v) is 9.53. The molecule has 3 atom stereocenters. The summed E-state index contributed by atoms with van der Waals surface area (Å²) in [5.74, 6) is -0.671. The number of carbonyl (C=O) groups excluding carboxylic acids is 2. The first-order chi connectivity index (χ1) is 11.8. The summed E-state index contributed by atoms with van der Waals surface area (Å²) in [6.07, 6.45) is 2.19. The average molecular weight is 374 g/mol. The van der Waals surface area contributed by atoms with Gasteiger partial charge in [-0.1, -0.05) is 6.42 Å². The molecule has 0 aliphatic carbocycles. The SMILES string of the molecule is CC(=O)N(C)CCCC[C@H](CSN=O)C(=O)[N+]1(C(=O)O)CCC[C@H]1C. The van der Waals surface area contributed by atoms with E-state index < -0.39 is 16.5 Å². The quantitative estimate of drug-likeness (QED) is 0.288. The normalized spacial score (nSPS) is 23.9. The highest BCUT2D eigenvalue weighted by Gasteiger charge is 2.54. The highest BCUT2D eigenvalue weighted by Crippen LogP contribution is 2.32. The molecule has 1 unspecified atom stereocenters. The largest absolute Gasteiger partial charge is 0.521 e. The van der Waals surface area contributed by atoms with Gasteiger partial charge >= 0.3 is 12.0 Å². The number of unbranched alkanes of at least 4 members (excludes halogenated alkanes) is 1. The van der Waals surface area contributed by atoms with Crippen molar-refractivity contribution < 1.29 is 24.0 Å². The lowest BCUT2D eigenvalue weighted by atomic mass is 10.00. The molecule has 0 saturated carbocycles. The monoisotopic (exact) mass is 374 g/mol. The summed E-state index contributed by atoms with van der Waals surface area (Å²) in [7, 11) is 1.72. The molecule has 9 heteroatoms. The Bertz CT molecular complexity index is 516. The zero-order valence-corrected chi connectivity index (χ0v) is 16.0. The van der Waals surface area contributed by atoms with Gasteiger partial charge in [0.15, 0.2) is 0 Å². The van der Waals surface area contributed by atoms with Gasteiger partial charge in [0, 0.05) is 55.6 Å². The summed E-state index contributed by atoms with van der Waals surface area (Å²) in [5.41, 5.74) is 0. The first kappa shape index (κ1) is 21.6. The smallest absolute Gasteiger partial charge is 0.435 e. The number of hydrogen-bond donors (Lipinski definition) is 1. The average Bonchev–Trinajstić information content (AvgIpc) is 2.95. The molecule has 0 radical (unpaired) electrons. The van der Waals surface area contributed by atoms with Crippen molar-refractivity contribution in [3.05, 3.63) is 4.91 Å². The molecule has 8 nitrogen and oxygen atoms in total. The van der Waals surface area contributed by atoms with E-state index in [9.17, 15) is 24.4 Å². The van der Waals surface area contributed by atoms with Gasteiger partial charge in [-0.15, -0.1) is 4.91 Å². The van der Waals surface area contributed by atoms with Gasteiger partial charge in [0.1, 0.15) is 6.04 Å². The standard InChI is InChI=1S/C16H27N3O5S/c1-12-7-6-10-19(12,16(22)23)15(21)14(11-25-17-24)8-4-5-9-18(3)13(2)20/h12,14H,4-11H2,1-3H3/p+1/t12-,14-,19?/m1/s1. The third kappa shape index (κ3) is 5.24. The van der Waals surface area contributed by atoms with Crippen molar-refractivity contribution in [3.8, 4) is 0 Å². The van der Waals surface area contributed by atoms with E-state index >= 15 is 0 Å². The van der Waals surface area contributed by atoms with Crippen molar-refractivity contribution in [2.75, 3.05) is 25.9 Å². The van der Waals surface area contributed by atoms with E-state index in [0.29, 0.717) is 38.8 Å². The maximum absolute atomic E-state index is 13.0. The van der Waals surface area contributed by atoms with Crippen LogP contribution in [0.15, 0.2) is 4.58 Å². The topological polar surface area (TPSA) is 104 Å². The second kappa shape index (κ2) is 9.86. The van der Waals surface area contributed by atoms with Crippen molar-refractivity contribution in [2.24, 2.45) is 10.5 Å². The summed E-state index contributed by atoms with van der Waals surface area (Å²) >= 11 is 0.765. The Morgan fingerprint density at radius 1 is 1.36 bits per heavy atom. The van der Waals surface area contributed by atoms with Gasteiger partial charge < -0.3 is 10.0 Å². The number of nitroso groups, excluding NO2 is 1. The van der Waals surface area contributed by atoms with Gasteiger partial charge in [0.25, 0.3) is 0 Å². The number of amides is 3. The Labute approximate surface area is 152 Å². The van der Waals surface area contributed by atoms with Crippen molar-refractivity contribution in [2.45, 2.75) is 52.0 Å². The molecule has 1 N–H and O–H groups in total. The van der Waals surface area contributed by atoms with E-state index in [1.807, 2.05) is 0 Å². The van der Waals surface area contributed by atoms with Crippen molar-refractivity contribution in [1.82, 2.24) is 4.90 Å². The van der Waals surface area contributed by atoms with Gasteiger partial charge in [0.2, 0.25) is 5.91 Å². The zero-order chi connectivity index (χ0) is 19.0. The minimum atomic E-state index is -1.11. The van der Waals surface area contributed by atoms with Crippen LogP contribution in [0.4, 0.5) is 4.79 Å². The molecule has 1 aliphatic rings. The van der Waals surface area contributed by atoms with Crippen molar-refractivity contribution >= 4 is 29.9 Å². The molecule has 142 valence electrons. The molecule has 0 aromatic rings. The van der Waals surface area contributed by atoms with E-state index in [1.165, 1.54) is 6.92 Å². The van der Waals surface area contributed by atoms with Crippen LogP contribution in [0.3, 0.4) is 0 Å². The lowest BCUT2D eigenvalue weighted by Crippen LogP contribution is -2.60. The zero-order valence-electron chi connectivity index (χ0n) is 15.1. The fourth-order valence-electron chi connectivity index (χ4n) is 3.40. The number of hydrogen-bond acceptors (Lipinski definition) is 6. The number of imide groups is 1. The fraction of sp³-hybridized carbons (Fsp3) is 0.812. The number of likely N-dealkylation sites (tertiary alicyclic amines) is 1.